The van der Waals surface area contributed by atoms with Crippen LogP contribution in [0.3, 0.4) is 0 Å². The molecular weight excluding hydrogens is 380 g/mol. The van der Waals surface area contributed by atoms with Crippen molar-refractivity contribution in [1.82, 2.24) is 14.5 Å². The highest BCUT2D eigenvalue weighted by Crippen LogP contribution is 2.34. The fraction of sp³-hybridized carbons (Fsp3) is 0.500. The lowest BCUT2D eigenvalue weighted by molar-refractivity contribution is -0.671. The van der Waals surface area contributed by atoms with Gasteiger partial charge in [0.05, 0.1) is 43.0 Å². The number of imidazole rings is 1. The summed E-state index contributed by atoms with van der Waals surface area (Å²) >= 11 is 0. The zero-order chi connectivity index (χ0) is 20.5. The molecule has 1 saturated heterocycles. The third-order valence-electron chi connectivity index (χ3n) is 6.12. The third-order valence-corrected chi connectivity index (χ3v) is 6.12. The molecule has 3 aromatic rings. The van der Waals surface area contributed by atoms with Gasteiger partial charge in [0.2, 0.25) is 12.2 Å². The maximum Gasteiger partial charge on any atom is 0.243 e. The van der Waals surface area contributed by atoms with E-state index in [2.05, 4.69) is 44.8 Å². The first-order valence-electron chi connectivity index (χ1n) is 10.7. The molecule has 8 nitrogen and oxygen atoms in total. The maximum absolute atomic E-state index is 6.47. The van der Waals surface area contributed by atoms with Crippen LogP contribution in [0.1, 0.15) is 31.7 Å². The highest BCUT2D eigenvalue weighted by Gasteiger charge is 2.27. The topological polar surface area (TPSA) is 82.3 Å². The van der Waals surface area contributed by atoms with Gasteiger partial charge < -0.3 is 20.1 Å². The molecule has 1 aliphatic carbocycles. The summed E-state index contributed by atoms with van der Waals surface area (Å²) in [7, 11) is 2.06. The van der Waals surface area contributed by atoms with Crippen LogP contribution in [0.5, 0.6) is 5.88 Å². The van der Waals surface area contributed by atoms with Gasteiger partial charge in [-0.2, -0.15) is 4.98 Å². The van der Waals surface area contributed by atoms with Crippen molar-refractivity contribution in [3.63, 3.8) is 0 Å². The van der Waals surface area contributed by atoms with Crippen LogP contribution >= 0.6 is 0 Å². The molecule has 0 unspecified atom stereocenters. The number of anilines is 2. The van der Waals surface area contributed by atoms with E-state index in [1.54, 1.807) is 6.20 Å². The number of nitrogens with zero attached hydrogens (tertiary/aromatic N) is 5. The molecule has 2 fully saturated rings. The van der Waals surface area contributed by atoms with Crippen LogP contribution in [-0.4, -0.2) is 46.9 Å². The Bertz CT molecular complexity index is 1020. The fourth-order valence-electron chi connectivity index (χ4n) is 4.45. The number of aryl methyl sites for hydroxylation is 1. The highest BCUT2D eigenvalue weighted by atomic mass is 16.5. The first-order valence-corrected chi connectivity index (χ1v) is 10.7. The number of hydrogen-bond donors (Lipinski definition) is 1. The zero-order valence-electron chi connectivity index (χ0n) is 17.4. The average Bonchev–Trinajstić information content (AvgIpc) is 3.21. The summed E-state index contributed by atoms with van der Waals surface area (Å²) in [5, 5.41) is 0.881. The van der Waals surface area contributed by atoms with E-state index in [-0.39, 0.29) is 6.10 Å². The summed E-state index contributed by atoms with van der Waals surface area (Å²) in [5.41, 5.74) is 7.50. The predicted molar refractivity (Wildman–Crippen MR) is 115 cm³/mol. The Morgan fingerprint density at radius 1 is 1.17 bits per heavy atom. The molecule has 2 aliphatic rings. The first kappa shape index (κ1) is 19.1. The van der Waals surface area contributed by atoms with Crippen LogP contribution in [0, 0.1) is 0 Å². The van der Waals surface area contributed by atoms with E-state index in [9.17, 15) is 0 Å². The summed E-state index contributed by atoms with van der Waals surface area (Å²) in [6, 6.07) is 4.47. The molecule has 0 amide bonds. The molecule has 158 valence electrons. The zero-order valence-corrected chi connectivity index (χ0v) is 17.4. The summed E-state index contributed by atoms with van der Waals surface area (Å²) in [4.78, 5) is 11.7. The highest BCUT2D eigenvalue weighted by molar-refractivity contribution is 5.88. The largest absolute Gasteiger partial charge is 0.474 e. The molecule has 3 aromatic heterocycles. The maximum atomic E-state index is 6.47. The minimum absolute atomic E-state index is 0.155. The molecule has 0 aromatic carbocycles. The van der Waals surface area contributed by atoms with E-state index >= 15 is 0 Å². The smallest absolute Gasteiger partial charge is 0.243 e. The molecule has 5 rings (SSSR count). The van der Waals surface area contributed by atoms with Crippen molar-refractivity contribution in [3.8, 4) is 5.88 Å². The number of morpholine rings is 1. The van der Waals surface area contributed by atoms with Crippen LogP contribution < -0.4 is 19.9 Å². The summed E-state index contributed by atoms with van der Waals surface area (Å²) in [6.07, 6.45) is 12.5. The standard InChI is InChI=1S/C22H29N6O2/c1-26-6-7-28(15-26)17-2-4-18(5-3-17)30-22-19-12-16(23)14-24-20(19)13-21(25-22)27-8-10-29-11-9-27/h6-7,12-15,17-18H,2-5,8-11,23H2,1H3/q+1. The lowest BCUT2D eigenvalue weighted by Gasteiger charge is -2.30. The summed E-state index contributed by atoms with van der Waals surface area (Å²) < 4.78 is 16.4. The lowest BCUT2D eigenvalue weighted by atomic mass is 9.93. The Hall–Kier alpha value is -2.87. The second kappa shape index (κ2) is 8.10. The van der Waals surface area contributed by atoms with Gasteiger partial charge in [0.15, 0.2) is 0 Å². The van der Waals surface area contributed by atoms with E-state index in [1.807, 2.05) is 12.1 Å². The molecule has 1 saturated carbocycles. The molecule has 0 radical (unpaired) electrons. The molecule has 0 atom stereocenters. The minimum Gasteiger partial charge on any atom is -0.474 e. The first-order chi connectivity index (χ1) is 14.7. The Labute approximate surface area is 176 Å². The van der Waals surface area contributed by atoms with Crippen molar-refractivity contribution in [1.29, 1.82) is 0 Å². The van der Waals surface area contributed by atoms with Gasteiger partial charge >= 0.3 is 0 Å². The quantitative estimate of drug-likeness (QED) is 0.666. The second-order valence-corrected chi connectivity index (χ2v) is 8.30. The number of pyridine rings is 2. The molecule has 0 spiro atoms. The number of nitrogen functional groups attached to an aromatic ring is 1. The number of aromatic nitrogens is 4. The molecule has 30 heavy (non-hydrogen) atoms. The van der Waals surface area contributed by atoms with Crippen LogP contribution in [-0.2, 0) is 11.8 Å². The van der Waals surface area contributed by atoms with Gasteiger partial charge in [0.1, 0.15) is 30.4 Å². The predicted octanol–water partition coefficient (Wildman–Crippen LogP) is 2.24. The van der Waals surface area contributed by atoms with Crippen LogP contribution in [0.2, 0.25) is 0 Å². The monoisotopic (exact) mass is 409 g/mol. The van der Waals surface area contributed by atoms with Gasteiger partial charge in [0.25, 0.3) is 0 Å². The number of nitrogens with two attached hydrogens (primary N) is 1. The van der Waals surface area contributed by atoms with E-state index in [4.69, 9.17) is 20.2 Å². The van der Waals surface area contributed by atoms with Crippen LogP contribution in [0.25, 0.3) is 10.9 Å². The SMILES string of the molecule is C[n+]1ccn(C2CCC(Oc3nc(N4CCOCC4)cc4ncc(N)cc34)CC2)c1. The van der Waals surface area contributed by atoms with Crippen LogP contribution in [0.15, 0.2) is 37.1 Å². The van der Waals surface area contributed by atoms with Gasteiger partial charge in [-0.1, -0.05) is 0 Å². The Kier molecular flexibility index (Phi) is 5.16. The van der Waals surface area contributed by atoms with Gasteiger partial charge in [-0.25, -0.2) is 9.13 Å². The Morgan fingerprint density at radius 3 is 2.70 bits per heavy atom. The van der Waals surface area contributed by atoms with Crippen molar-refractivity contribution < 1.29 is 14.0 Å². The summed E-state index contributed by atoms with van der Waals surface area (Å²) in [6.45, 7) is 3.08. The molecule has 0 bridgehead atoms. The molecule has 4 heterocycles. The molecule has 2 N–H and O–H groups in total. The van der Waals surface area contributed by atoms with Crippen molar-refractivity contribution in [2.45, 2.75) is 37.8 Å². The fourth-order valence-corrected chi connectivity index (χ4v) is 4.45. The third kappa shape index (κ3) is 3.92. The Balaban J connectivity index is 1.37. The van der Waals surface area contributed by atoms with Gasteiger partial charge in [-0.3, -0.25) is 4.98 Å². The Morgan fingerprint density at radius 2 is 1.97 bits per heavy atom. The number of fused-ring (bicyclic) bond motifs is 1. The summed E-state index contributed by atoms with van der Waals surface area (Å²) in [5.74, 6) is 1.54. The average molecular weight is 410 g/mol. The van der Waals surface area contributed by atoms with Crippen molar-refractivity contribution in [3.05, 3.63) is 37.1 Å². The van der Waals surface area contributed by atoms with Crippen molar-refractivity contribution in [2.75, 3.05) is 36.9 Å². The second-order valence-electron chi connectivity index (χ2n) is 8.30. The van der Waals surface area contributed by atoms with E-state index < -0.39 is 0 Å². The molecule has 1 aliphatic heterocycles. The van der Waals surface area contributed by atoms with Gasteiger partial charge in [-0.05, 0) is 31.7 Å². The van der Waals surface area contributed by atoms with E-state index in [0.717, 1.165) is 55.5 Å². The number of rotatable bonds is 4. The normalized spacial score (nSPS) is 22.4. The lowest BCUT2D eigenvalue weighted by Crippen LogP contribution is -2.36. The van der Waals surface area contributed by atoms with Gasteiger partial charge in [0, 0.05) is 19.2 Å². The molecule has 8 heteroatoms. The number of hydrogen-bond acceptors (Lipinski definition) is 6. The van der Waals surface area contributed by atoms with Gasteiger partial charge in [-0.15, -0.1) is 0 Å². The van der Waals surface area contributed by atoms with E-state index in [1.165, 1.54) is 0 Å². The van der Waals surface area contributed by atoms with Crippen LogP contribution in [0.4, 0.5) is 11.5 Å². The number of ether oxygens (including phenoxy) is 2. The minimum atomic E-state index is 0.155. The molecular formula is C22H29N6O2+. The van der Waals surface area contributed by atoms with Crippen molar-refractivity contribution in [2.24, 2.45) is 7.05 Å². The van der Waals surface area contributed by atoms with E-state index in [0.29, 0.717) is 30.8 Å². The van der Waals surface area contributed by atoms with Crippen molar-refractivity contribution >= 4 is 22.4 Å².